The van der Waals surface area contributed by atoms with E-state index in [1.54, 1.807) is 12.5 Å². The SMILES string of the molecule is CC1CCCN(c2ncnc(NCCCn3ccnc3)c2[N+](=O)[O-])C1. The van der Waals surface area contributed by atoms with Crippen LogP contribution in [0, 0.1) is 16.0 Å². The van der Waals surface area contributed by atoms with Crippen LogP contribution in [0.4, 0.5) is 17.3 Å². The van der Waals surface area contributed by atoms with Crippen molar-refractivity contribution in [1.82, 2.24) is 19.5 Å². The molecule has 0 radical (unpaired) electrons. The van der Waals surface area contributed by atoms with Crippen LogP contribution < -0.4 is 10.2 Å². The molecule has 0 aliphatic carbocycles. The van der Waals surface area contributed by atoms with Gasteiger partial charge in [-0.3, -0.25) is 10.1 Å². The first-order valence-corrected chi connectivity index (χ1v) is 8.59. The predicted molar refractivity (Wildman–Crippen MR) is 94.6 cm³/mol. The van der Waals surface area contributed by atoms with Crippen molar-refractivity contribution in [3.8, 4) is 0 Å². The van der Waals surface area contributed by atoms with Crippen LogP contribution in [0.5, 0.6) is 0 Å². The first-order chi connectivity index (χ1) is 12.1. The number of imidazole rings is 1. The van der Waals surface area contributed by atoms with Crippen LogP contribution in [0.1, 0.15) is 26.2 Å². The molecule has 1 fully saturated rings. The average molecular weight is 345 g/mol. The van der Waals surface area contributed by atoms with E-state index in [-0.39, 0.29) is 10.6 Å². The maximum Gasteiger partial charge on any atom is 0.353 e. The summed E-state index contributed by atoms with van der Waals surface area (Å²) in [4.78, 5) is 25.6. The van der Waals surface area contributed by atoms with Crippen LogP contribution in [-0.4, -0.2) is 44.1 Å². The number of hydrogen-bond acceptors (Lipinski definition) is 7. The largest absolute Gasteiger partial charge is 0.364 e. The molecule has 1 unspecified atom stereocenters. The molecule has 0 amide bonds. The Kier molecular flexibility index (Phi) is 5.42. The summed E-state index contributed by atoms with van der Waals surface area (Å²) in [5.41, 5.74) is -0.0285. The normalized spacial score (nSPS) is 17.5. The summed E-state index contributed by atoms with van der Waals surface area (Å²) in [6, 6.07) is 0. The second kappa shape index (κ2) is 7.91. The lowest BCUT2D eigenvalue weighted by molar-refractivity contribution is -0.383. The van der Waals surface area contributed by atoms with Crippen LogP contribution in [0.3, 0.4) is 0 Å². The molecule has 25 heavy (non-hydrogen) atoms. The molecule has 0 aromatic carbocycles. The maximum absolute atomic E-state index is 11.6. The lowest BCUT2D eigenvalue weighted by Crippen LogP contribution is -2.35. The van der Waals surface area contributed by atoms with E-state index in [2.05, 4.69) is 27.2 Å². The summed E-state index contributed by atoms with van der Waals surface area (Å²) in [6.07, 6.45) is 9.76. The zero-order valence-electron chi connectivity index (χ0n) is 14.3. The van der Waals surface area contributed by atoms with Crippen LogP contribution in [0.25, 0.3) is 0 Å². The highest BCUT2D eigenvalue weighted by atomic mass is 16.6. The molecule has 9 heteroatoms. The molecule has 1 saturated heterocycles. The van der Waals surface area contributed by atoms with Crippen molar-refractivity contribution in [2.45, 2.75) is 32.7 Å². The number of nitro groups is 1. The van der Waals surface area contributed by atoms with Crippen molar-refractivity contribution >= 4 is 17.3 Å². The fraction of sp³-hybridized carbons (Fsp3) is 0.562. The molecule has 9 nitrogen and oxygen atoms in total. The predicted octanol–water partition coefficient (Wildman–Crippen LogP) is 2.32. The summed E-state index contributed by atoms with van der Waals surface area (Å²) < 4.78 is 1.97. The molecular weight excluding hydrogens is 322 g/mol. The quantitative estimate of drug-likeness (QED) is 0.467. The Morgan fingerprint density at radius 2 is 2.32 bits per heavy atom. The van der Waals surface area contributed by atoms with Crippen LogP contribution in [0.2, 0.25) is 0 Å². The molecule has 2 aromatic rings. The van der Waals surface area contributed by atoms with Gasteiger partial charge >= 0.3 is 5.69 Å². The van der Waals surface area contributed by atoms with Gasteiger partial charge in [0.05, 0.1) is 11.3 Å². The second-order valence-corrected chi connectivity index (χ2v) is 6.43. The van der Waals surface area contributed by atoms with E-state index in [0.29, 0.717) is 24.1 Å². The van der Waals surface area contributed by atoms with Gasteiger partial charge in [0.1, 0.15) is 6.33 Å². The summed E-state index contributed by atoms with van der Waals surface area (Å²) in [5, 5.41) is 14.7. The summed E-state index contributed by atoms with van der Waals surface area (Å²) >= 11 is 0. The van der Waals surface area contributed by atoms with Gasteiger partial charge in [-0.1, -0.05) is 6.92 Å². The number of aromatic nitrogens is 4. The van der Waals surface area contributed by atoms with Crippen LogP contribution >= 0.6 is 0 Å². The van der Waals surface area contributed by atoms with Gasteiger partial charge in [0.15, 0.2) is 0 Å². The molecule has 3 rings (SSSR count). The highest BCUT2D eigenvalue weighted by molar-refractivity contribution is 5.70. The van der Waals surface area contributed by atoms with Gasteiger partial charge in [0.2, 0.25) is 11.6 Å². The minimum absolute atomic E-state index is 0.0285. The first kappa shape index (κ1) is 17.1. The van der Waals surface area contributed by atoms with Crippen molar-refractivity contribution in [3.63, 3.8) is 0 Å². The lowest BCUT2D eigenvalue weighted by Gasteiger charge is -2.31. The van der Waals surface area contributed by atoms with Crippen LogP contribution in [0.15, 0.2) is 25.0 Å². The number of piperidine rings is 1. The molecule has 0 saturated carbocycles. The van der Waals surface area contributed by atoms with E-state index >= 15 is 0 Å². The molecule has 134 valence electrons. The van der Waals surface area contributed by atoms with Gasteiger partial charge in [-0.15, -0.1) is 0 Å². The Morgan fingerprint density at radius 3 is 3.04 bits per heavy atom. The molecule has 2 aromatic heterocycles. The smallest absolute Gasteiger partial charge is 0.353 e. The van der Waals surface area contributed by atoms with Gasteiger partial charge in [-0.2, -0.15) is 0 Å². The number of nitrogens with zero attached hydrogens (tertiary/aromatic N) is 6. The molecule has 1 aliphatic heterocycles. The third-order valence-electron chi connectivity index (χ3n) is 4.39. The van der Waals surface area contributed by atoms with Crippen LogP contribution in [-0.2, 0) is 6.54 Å². The molecule has 1 aliphatic rings. The van der Waals surface area contributed by atoms with Crippen molar-refractivity contribution < 1.29 is 4.92 Å². The van der Waals surface area contributed by atoms with E-state index in [0.717, 1.165) is 38.9 Å². The summed E-state index contributed by atoms with van der Waals surface area (Å²) in [7, 11) is 0. The molecule has 1 atom stereocenters. The van der Waals surface area contributed by atoms with Gasteiger partial charge in [0, 0.05) is 38.6 Å². The van der Waals surface area contributed by atoms with Gasteiger partial charge in [-0.05, 0) is 25.2 Å². The Balaban J connectivity index is 1.70. The van der Waals surface area contributed by atoms with Crippen molar-refractivity contribution in [1.29, 1.82) is 0 Å². The molecule has 1 N–H and O–H groups in total. The topological polar surface area (TPSA) is 102 Å². The second-order valence-electron chi connectivity index (χ2n) is 6.43. The molecular formula is C16H23N7O2. The minimum atomic E-state index is -0.382. The Labute approximate surface area is 146 Å². The Bertz CT molecular complexity index is 705. The molecule has 0 bridgehead atoms. The standard InChI is InChI=1S/C16H23N7O2/c1-13-4-2-8-22(10-13)16-14(23(24)25)15(19-11-20-16)18-5-3-7-21-9-6-17-12-21/h6,9,11-13H,2-5,7-8,10H2,1H3,(H,18,19,20). The van der Waals surface area contributed by atoms with Gasteiger partial charge in [0.25, 0.3) is 0 Å². The summed E-state index contributed by atoms with van der Waals surface area (Å²) in [6.45, 7) is 5.13. The van der Waals surface area contributed by atoms with Gasteiger partial charge < -0.3 is 14.8 Å². The highest BCUT2D eigenvalue weighted by Gasteiger charge is 2.29. The number of nitrogens with one attached hydrogen (secondary N) is 1. The van der Waals surface area contributed by atoms with E-state index in [9.17, 15) is 10.1 Å². The molecule has 0 spiro atoms. The van der Waals surface area contributed by atoms with E-state index in [1.165, 1.54) is 6.33 Å². The average Bonchev–Trinajstić information content (AvgIpc) is 3.11. The van der Waals surface area contributed by atoms with E-state index in [4.69, 9.17) is 0 Å². The van der Waals surface area contributed by atoms with Crippen molar-refractivity contribution in [2.24, 2.45) is 5.92 Å². The Hall–Kier alpha value is -2.71. The number of aryl methyl sites for hydroxylation is 1. The fourth-order valence-corrected chi connectivity index (χ4v) is 3.17. The Morgan fingerprint density at radius 1 is 1.44 bits per heavy atom. The van der Waals surface area contributed by atoms with Gasteiger partial charge in [-0.25, -0.2) is 15.0 Å². The monoisotopic (exact) mass is 345 g/mol. The molecule has 3 heterocycles. The first-order valence-electron chi connectivity index (χ1n) is 8.59. The minimum Gasteiger partial charge on any atom is -0.364 e. The fourth-order valence-electron chi connectivity index (χ4n) is 3.17. The van der Waals surface area contributed by atoms with Crippen molar-refractivity contribution in [2.75, 3.05) is 29.9 Å². The summed E-state index contributed by atoms with van der Waals surface area (Å²) in [5.74, 6) is 1.22. The van der Waals surface area contributed by atoms with Crippen molar-refractivity contribution in [3.05, 3.63) is 35.2 Å². The maximum atomic E-state index is 11.6. The van der Waals surface area contributed by atoms with E-state index < -0.39 is 0 Å². The third-order valence-corrected chi connectivity index (χ3v) is 4.39. The van der Waals surface area contributed by atoms with E-state index in [1.807, 2.05) is 15.7 Å². The lowest BCUT2D eigenvalue weighted by atomic mass is 10.0. The highest BCUT2D eigenvalue weighted by Crippen LogP contribution is 2.33. The number of anilines is 2. The zero-order chi connectivity index (χ0) is 17.6. The zero-order valence-corrected chi connectivity index (χ0v) is 14.3. The number of hydrogen-bond donors (Lipinski definition) is 1. The number of rotatable bonds is 7. The third kappa shape index (κ3) is 4.23.